The van der Waals surface area contributed by atoms with Gasteiger partial charge in [-0.2, -0.15) is 5.26 Å². The molecule has 0 atom stereocenters. The van der Waals surface area contributed by atoms with E-state index in [9.17, 15) is 20.5 Å². The highest BCUT2D eigenvalue weighted by atomic mass is 35.5. The second-order valence-electron chi connectivity index (χ2n) is 4.16. The van der Waals surface area contributed by atoms with E-state index in [1.54, 1.807) is 24.3 Å². The molecule has 0 saturated heterocycles. The zero-order valence-electron chi connectivity index (χ0n) is 10.6. The Bertz CT molecular complexity index is 779. The van der Waals surface area contributed by atoms with E-state index in [-0.39, 0.29) is 0 Å². The Morgan fingerprint density at radius 1 is 1.29 bits per heavy atom. The molecule has 2 aromatic rings. The summed E-state index contributed by atoms with van der Waals surface area (Å²) in [4.78, 5) is 10.0. The predicted octanol–water partition coefficient (Wildman–Crippen LogP) is 3.39. The lowest BCUT2D eigenvalue weighted by Gasteiger charge is -2.07. The number of nitro groups is 1. The van der Waals surface area contributed by atoms with E-state index in [1.165, 1.54) is 12.1 Å². The van der Waals surface area contributed by atoms with Crippen LogP contribution in [0.2, 0.25) is 5.02 Å². The molecule has 0 fully saturated rings. The molecule has 0 N–H and O–H groups in total. The van der Waals surface area contributed by atoms with Gasteiger partial charge in [0.15, 0.2) is 0 Å². The van der Waals surface area contributed by atoms with Gasteiger partial charge in [-0.25, -0.2) is 0 Å². The lowest BCUT2D eigenvalue weighted by Crippen LogP contribution is -1.97. The summed E-state index contributed by atoms with van der Waals surface area (Å²) in [6, 6.07) is 12.4. The van der Waals surface area contributed by atoms with Crippen LogP contribution in [-0.4, -0.2) is 4.92 Å². The minimum absolute atomic E-state index is 0.297. The number of nitro benzene ring substituents is 1. The van der Waals surface area contributed by atoms with Crippen LogP contribution >= 0.6 is 11.6 Å². The fraction of sp³-hybridized carbons (Fsp3) is 0. The van der Waals surface area contributed by atoms with Crippen molar-refractivity contribution in [1.29, 1.82) is 5.26 Å². The van der Waals surface area contributed by atoms with E-state index in [0.717, 1.165) is 12.1 Å². The number of allylic oxidation sites excluding steroid dienone is 1. The summed E-state index contributed by atoms with van der Waals surface area (Å²) in [6.07, 6.45) is 1.47. The first-order valence-electron chi connectivity index (χ1n) is 5.84. The molecule has 0 aliphatic rings. The van der Waals surface area contributed by atoms with Crippen LogP contribution in [0.15, 0.2) is 42.5 Å². The molecule has 104 valence electrons. The van der Waals surface area contributed by atoms with Crippen molar-refractivity contribution < 1.29 is 10.0 Å². The third-order valence-corrected chi connectivity index (χ3v) is 2.98. The van der Waals surface area contributed by atoms with E-state index in [0.29, 0.717) is 21.7 Å². The molecule has 0 amide bonds. The molecule has 0 aliphatic heterocycles. The van der Waals surface area contributed by atoms with Gasteiger partial charge in [0.2, 0.25) is 0 Å². The summed E-state index contributed by atoms with van der Waals surface area (Å²) in [6.45, 7) is 0. The lowest BCUT2D eigenvalue weighted by atomic mass is 10.0. The van der Waals surface area contributed by atoms with Gasteiger partial charge in [0.05, 0.1) is 16.6 Å². The van der Waals surface area contributed by atoms with Crippen molar-refractivity contribution >= 4 is 28.9 Å². The number of nitriles is 1. The van der Waals surface area contributed by atoms with Gasteiger partial charge in [-0.05, 0) is 35.1 Å². The Morgan fingerprint density at radius 3 is 2.67 bits per heavy atom. The van der Waals surface area contributed by atoms with E-state index in [2.05, 4.69) is 0 Å². The van der Waals surface area contributed by atoms with Crippen LogP contribution in [0.1, 0.15) is 11.1 Å². The maximum Gasteiger partial charge on any atom is 0.262 e. The van der Waals surface area contributed by atoms with Gasteiger partial charge in [-0.15, -0.1) is 0 Å². The molecule has 0 aromatic heterocycles. The average Bonchev–Trinajstić information content (AvgIpc) is 2.46. The van der Waals surface area contributed by atoms with Crippen molar-refractivity contribution in [3.05, 3.63) is 68.7 Å². The van der Waals surface area contributed by atoms with Gasteiger partial charge < -0.3 is 5.11 Å². The van der Waals surface area contributed by atoms with Gasteiger partial charge in [-0.3, -0.25) is 10.1 Å². The zero-order chi connectivity index (χ0) is 15.4. The van der Waals surface area contributed by atoms with Crippen molar-refractivity contribution in [3.63, 3.8) is 0 Å². The fourth-order valence-electron chi connectivity index (χ4n) is 1.77. The van der Waals surface area contributed by atoms with Gasteiger partial charge in [0, 0.05) is 11.1 Å². The Kier molecular flexibility index (Phi) is 4.21. The van der Waals surface area contributed by atoms with Crippen LogP contribution in [0.5, 0.6) is 5.75 Å². The molecule has 0 aliphatic carbocycles. The van der Waals surface area contributed by atoms with Gasteiger partial charge in [0.25, 0.3) is 5.69 Å². The molecule has 0 saturated carbocycles. The smallest absolute Gasteiger partial charge is 0.262 e. The largest absolute Gasteiger partial charge is 0.868 e. The third kappa shape index (κ3) is 3.38. The molecule has 0 bridgehead atoms. The number of halogens is 1. The highest BCUT2D eigenvalue weighted by Crippen LogP contribution is 2.27. The highest BCUT2D eigenvalue weighted by molar-refractivity contribution is 6.30. The second kappa shape index (κ2) is 6.07. The van der Waals surface area contributed by atoms with Crippen molar-refractivity contribution in [1.82, 2.24) is 0 Å². The van der Waals surface area contributed by atoms with E-state index < -0.39 is 16.4 Å². The van der Waals surface area contributed by atoms with E-state index >= 15 is 0 Å². The van der Waals surface area contributed by atoms with Gasteiger partial charge in [0.1, 0.15) is 0 Å². The van der Waals surface area contributed by atoms with Crippen LogP contribution in [0.25, 0.3) is 11.6 Å². The summed E-state index contributed by atoms with van der Waals surface area (Å²) in [5.41, 5.74) is 0.772. The first-order chi connectivity index (χ1) is 10.0. The molecule has 2 aromatic carbocycles. The summed E-state index contributed by atoms with van der Waals surface area (Å²) < 4.78 is 0. The van der Waals surface area contributed by atoms with Crippen LogP contribution in [0, 0.1) is 21.4 Å². The minimum Gasteiger partial charge on any atom is -0.868 e. The third-order valence-electron chi connectivity index (χ3n) is 2.75. The predicted molar refractivity (Wildman–Crippen MR) is 77.5 cm³/mol. The monoisotopic (exact) mass is 299 g/mol. The lowest BCUT2D eigenvalue weighted by molar-refractivity contribution is -0.398. The number of hydrogen-bond donors (Lipinski definition) is 0. The summed E-state index contributed by atoms with van der Waals surface area (Å²) >= 11 is 5.87. The van der Waals surface area contributed by atoms with Gasteiger partial charge >= 0.3 is 0 Å². The molecule has 5 nitrogen and oxygen atoms in total. The van der Waals surface area contributed by atoms with E-state index in [4.69, 9.17) is 11.6 Å². The first-order valence-corrected chi connectivity index (χ1v) is 6.22. The molecular formula is C15H8ClN2O3-. The molecule has 0 radical (unpaired) electrons. The molecule has 0 heterocycles. The maximum atomic E-state index is 11.3. The van der Waals surface area contributed by atoms with Crippen LogP contribution in [0.4, 0.5) is 5.69 Å². The fourth-order valence-corrected chi connectivity index (χ4v) is 1.96. The van der Waals surface area contributed by atoms with Gasteiger partial charge in [-0.1, -0.05) is 35.9 Å². The van der Waals surface area contributed by atoms with Crippen molar-refractivity contribution in [2.45, 2.75) is 0 Å². The summed E-state index contributed by atoms with van der Waals surface area (Å²) in [5, 5.41) is 31.8. The Labute approximate surface area is 125 Å². The Hall–Kier alpha value is -2.84. The minimum atomic E-state index is -0.745. The molecule has 0 spiro atoms. The topological polar surface area (TPSA) is 90.0 Å². The molecule has 6 heteroatoms. The molecule has 0 unspecified atom stereocenters. The normalized spacial score (nSPS) is 11.0. The van der Waals surface area contributed by atoms with Crippen LogP contribution in [0.3, 0.4) is 0 Å². The second-order valence-corrected chi connectivity index (χ2v) is 4.60. The molecule has 21 heavy (non-hydrogen) atoms. The summed E-state index contributed by atoms with van der Waals surface area (Å²) in [7, 11) is 0. The summed E-state index contributed by atoms with van der Waals surface area (Å²) in [5.74, 6) is -0.668. The standard InChI is InChI=1S/C15H9ClN2O3/c16-13-3-1-2-11(8-13)12(9-17)6-10-4-5-15(19)14(7-10)18(20)21/h1-8,19H/p-1/b12-6+. The number of nitrogens with zero attached hydrogens (tertiary/aromatic N) is 2. The Morgan fingerprint density at radius 2 is 2.05 bits per heavy atom. The average molecular weight is 300 g/mol. The Balaban J connectivity index is 2.48. The highest BCUT2D eigenvalue weighted by Gasteiger charge is 2.08. The van der Waals surface area contributed by atoms with Crippen LogP contribution in [-0.2, 0) is 0 Å². The maximum absolute atomic E-state index is 11.3. The zero-order valence-corrected chi connectivity index (χ0v) is 11.4. The van der Waals surface area contributed by atoms with Crippen LogP contribution < -0.4 is 5.11 Å². The quantitative estimate of drug-likeness (QED) is 0.376. The number of benzene rings is 2. The van der Waals surface area contributed by atoms with Crippen molar-refractivity contribution in [2.24, 2.45) is 0 Å². The van der Waals surface area contributed by atoms with Crippen molar-refractivity contribution in [2.75, 3.05) is 0 Å². The van der Waals surface area contributed by atoms with Crippen molar-refractivity contribution in [3.8, 4) is 11.8 Å². The van der Waals surface area contributed by atoms with E-state index in [1.807, 2.05) is 6.07 Å². The number of rotatable bonds is 3. The molecular weight excluding hydrogens is 292 g/mol. The number of hydrogen-bond acceptors (Lipinski definition) is 4. The SMILES string of the molecule is N#C/C(=C\c1ccc([O-])c([N+](=O)[O-])c1)c1cccc(Cl)c1. The first kappa shape index (κ1) is 14.6. The molecule has 2 rings (SSSR count).